The lowest BCUT2D eigenvalue weighted by Gasteiger charge is -2.41. The van der Waals surface area contributed by atoms with Gasteiger partial charge in [-0.2, -0.15) is 13.2 Å². The first-order valence-corrected chi connectivity index (χ1v) is 4.96. The molecule has 16 heavy (non-hydrogen) atoms. The fourth-order valence-electron chi connectivity index (χ4n) is 1.93. The molecule has 1 saturated carbocycles. The summed E-state index contributed by atoms with van der Waals surface area (Å²) in [4.78, 5) is 0. The molecule has 0 aliphatic heterocycles. The van der Waals surface area contributed by atoms with Gasteiger partial charge in [0, 0.05) is 0 Å². The monoisotopic (exact) mass is 248 g/mol. The van der Waals surface area contributed by atoms with Gasteiger partial charge in [0.25, 0.3) is 0 Å². The lowest BCUT2D eigenvalue weighted by atomic mass is 9.78. The van der Waals surface area contributed by atoms with Gasteiger partial charge >= 0.3 is 12.1 Å². The maximum absolute atomic E-state index is 13.4. The van der Waals surface area contributed by atoms with Gasteiger partial charge in [0.2, 0.25) is 6.10 Å². The van der Waals surface area contributed by atoms with Crippen LogP contribution in [0.5, 0.6) is 0 Å². The van der Waals surface area contributed by atoms with Crippen LogP contribution in [0.2, 0.25) is 0 Å². The van der Waals surface area contributed by atoms with Crippen molar-refractivity contribution in [2.75, 3.05) is 0 Å². The summed E-state index contributed by atoms with van der Waals surface area (Å²) >= 11 is 0. The highest BCUT2D eigenvalue weighted by molar-refractivity contribution is 5.01. The van der Waals surface area contributed by atoms with Crippen LogP contribution in [0, 0.1) is 0 Å². The molecule has 0 aromatic heterocycles. The predicted molar refractivity (Wildman–Crippen MR) is 45.0 cm³/mol. The lowest BCUT2D eigenvalue weighted by molar-refractivity contribution is -0.318. The van der Waals surface area contributed by atoms with E-state index in [0.717, 1.165) is 0 Å². The number of halogens is 5. The Bertz CT molecular complexity index is 245. The number of hydrogen-bond acceptors (Lipinski definition) is 2. The van der Waals surface area contributed by atoms with Gasteiger partial charge in [-0.3, -0.25) is 0 Å². The van der Waals surface area contributed by atoms with Gasteiger partial charge in [0.1, 0.15) is 5.60 Å². The van der Waals surface area contributed by atoms with Crippen LogP contribution in [0.15, 0.2) is 0 Å². The van der Waals surface area contributed by atoms with Crippen molar-refractivity contribution in [3.05, 3.63) is 0 Å². The second-order valence-corrected chi connectivity index (χ2v) is 4.16. The first-order chi connectivity index (χ1) is 7.11. The molecule has 2 nitrogen and oxygen atoms in total. The zero-order valence-corrected chi connectivity index (χ0v) is 8.40. The minimum absolute atomic E-state index is 0.233. The second-order valence-electron chi connectivity index (χ2n) is 4.16. The van der Waals surface area contributed by atoms with E-state index in [9.17, 15) is 27.1 Å². The summed E-state index contributed by atoms with van der Waals surface area (Å²) < 4.78 is 62.8. The van der Waals surface area contributed by atoms with Gasteiger partial charge in [0.15, 0.2) is 0 Å². The molecule has 0 radical (unpaired) electrons. The normalized spacial score (nSPS) is 24.2. The Labute approximate surface area is 89.1 Å². The lowest BCUT2D eigenvalue weighted by Crippen LogP contribution is -2.60. The van der Waals surface area contributed by atoms with Crippen molar-refractivity contribution in [2.45, 2.75) is 55.9 Å². The summed E-state index contributed by atoms with van der Waals surface area (Å²) in [5, 5.41) is 18.1. The van der Waals surface area contributed by atoms with Crippen molar-refractivity contribution in [3.8, 4) is 0 Å². The van der Waals surface area contributed by atoms with Gasteiger partial charge in [-0.05, 0) is 12.8 Å². The molecule has 0 heterocycles. The molecule has 1 atom stereocenters. The Kier molecular flexibility index (Phi) is 3.50. The number of aliphatic hydroxyl groups is 2. The van der Waals surface area contributed by atoms with E-state index in [1.165, 1.54) is 0 Å². The fourth-order valence-corrected chi connectivity index (χ4v) is 1.93. The van der Waals surface area contributed by atoms with E-state index in [2.05, 4.69) is 0 Å². The number of aliphatic hydroxyl groups excluding tert-OH is 1. The van der Waals surface area contributed by atoms with Crippen LogP contribution in [0.1, 0.15) is 32.1 Å². The van der Waals surface area contributed by atoms with E-state index in [0.29, 0.717) is 6.42 Å². The first-order valence-electron chi connectivity index (χ1n) is 4.96. The third kappa shape index (κ3) is 2.29. The largest absolute Gasteiger partial charge is 0.420 e. The summed E-state index contributed by atoms with van der Waals surface area (Å²) in [5.41, 5.74) is -2.75. The second kappa shape index (κ2) is 4.10. The minimum Gasteiger partial charge on any atom is -0.383 e. The Morgan fingerprint density at radius 3 is 1.75 bits per heavy atom. The van der Waals surface area contributed by atoms with Crippen molar-refractivity contribution in [2.24, 2.45) is 0 Å². The third-order valence-electron chi connectivity index (χ3n) is 2.95. The Hall–Kier alpha value is -0.430. The zero-order valence-electron chi connectivity index (χ0n) is 8.40. The average Bonchev–Trinajstić information content (AvgIpc) is 2.16. The molecule has 0 bridgehead atoms. The Morgan fingerprint density at radius 1 is 0.938 bits per heavy atom. The average molecular weight is 248 g/mol. The molecule has 0 aromatic carbocycles. The maximum Gasteiger partial charge on any atom is 0.420 e. The van der Waals surface area contributed by atoms with Crippen LogP contribution in [0.3, 0.4) is 0 Å². The third-order valence-corrected chi connectivity index (χ3v) is 2.95. The first kappa shape index (κ1) is 13.6. The standard InChI is InChI=1S/C9H13F5O2/c10-8(11,6(15)9(12,13)14)7(16)4-2-1-3-5-7/h6,15-16H,1-5H2. The summed E-state index contributed by atoms with van der Waals surface area (Å²) in [5.74, 6) is -4.56. The molecular weight excluding hydrogens is 235 g/mol. The fraction of sp³-hybridized carbons (Fsp3) is 1.00. The molecule has 1 aliphatic carbocycles. The molecule has 1 aliphatic rings. The van der Waals surface area contributed by atoms with E-state index in [1.807, 2.05) is 0 Å². The molecule has 0 saturated heterocycles. The van der Waals surface area contributed by atoms with Crippen molar-refractivity contribution < 1.29 is 32.2 Å². The van der Waals surface area contributed by atoms with Gasteiger partial charge in [-0.25, -0.2) is 8.78 Å². The van der Waals surface area contributed by atoms with E-state index in [1.54, 1.807) is 0 Å². The Morgan fingerprint density at radius 2 is 1.38 bits per heavy atom. The molecule has 96 valence electrons. The van der Waals surface area contributed by atoms with Crippen molar-refractivity contribution in [1.29, 1.82) is 0 Å². The molecule has 0 amide bonds. The smallest absolute Gasteiger partial charge is 0.383 e. The number of rotatable bonds is 2. The molecule has 7 heteroatoms. The highest BCUT2D eigenvalue weighted by Gasteiger charge is 2.65. The quantitative estimate of drug-likeness (QED) is 0.736. The van der Waals surface area contributed by atoms with E-state index in [4.69, 9.17) is 5.11 Å². The van der Waals surface area contributed by atoms with Crippen molar-refractivity contribution >= 4 is 0 Å². The van der Waals surface area contributed by atoms with Crippen LogP contribution in [0.25, 0.3) is 0 Å². The topological polar surface area (TPSA) is 40.5 Å². The zero-order chi connectivity index (χ0) is 12.6. The van der Waals surface area contributed by atoms with Gasteiger partial charge in [-0.15, -0.1) is 0 Å². The van der Waals surface area contributed by atoms with E-state index < -0.39 is 36.6 Å². The van der Waals surface area contributed by atoms with Crippen molar-refractivity contribution in [1.82, 2.24) is 0 Å². The summed E-state index contributed by atoms with van der Waals surface area (Å²) in [6, 6.07) is 0. The number of hydrogen-bond donors (Lipinski definition) is 2. The summed E-state index contributed by atoms with van der Waals surface area (Å²) in [7, 11) is 0. The molecule has 2 N–H and O–H groups in total. The van der Waals surface area contributed by atoms with Crippen LogP contribution in [-0.2, 0) is 0 Å². The van der Waals surface area contributed by atoms with E-state index in [-0.39, 0.29) is 12.8 Å². The SMILES string of the molecule is OC(C(F)(F)F)C(F)(F)C1(O)CCCCC1. The highest BCUT2D eigenvalue weighted by Crippen LogP contribution is 2.46. The predicted octanol–water partition coefficient (Wildman–Crippen LogP) is 2.24. The van der Waals surface area contributed by atoms with E-state index >= 15 is 0 Å². The van der Waals surface area contributed by atoms with Crippen LogP contribution in [0.4, 0.5) is 22.0 Å². The van der Waals surface area contributed by atoms with Crippen molar-refractivity contribution in [3.63, 3.8) is 0 Å². The molecule has 0 aromatic rings. The molecule has 1 unspecified atom stereocenters. The molecule has 1 rings (SSSR count). The van der Waals surface area contributed by atoms with Gasteiger partial charge < -0.3 is 10.2 Å². The van der Waals surface area contributed by atoms with Crippen LogP contribution in [-0.4, -0.2) is 34.0 Å². The Balaban J connectivity index is 2.90. The minimum atomic E-state index is -5.43. The summed E-state index contributed by atoms with van der Waals surface area (Å²) in [6.07, 6.45) is -9.03. The molecule has 1 fully saturated rings. The number of alkyl halides is 5. The molecular formula is C9H13F5O2. The van der Waals surface area contributed by atoms with Gasteiger partial charge in [0.05, 0.1) is 0 Å². The maximum atomic E-state index is 13.4. The van der Waals surface area contributed by atoms with Gasteiger partial charge in [-0.1, -0.05) is 19.3 Å². The highest BCUT2D eigenvalue weighted by atomic mass is 19.4. The molecule has 0 spiro atoms. The summed E-state index contributed by atoms with van der Waals surface area (Å²) in [6.45, 7) is 0. The van der Waals surface area contributed by atoms with Crippen LogP contribution >= 0.6 is 0 Å². The van der Waals surface area contributed by atoms with Crippen LogP contribution < -0.4 is 0 Å².